The second-order valence-corrected chi connectivity index (χ2v) is 5.11. The topological polar surface area (TPSA) is 79.3 Å². The molecule has 2 N–H and O–H groups in total. The normalized spacial score (nSPS) is 16.4. The minimum atomic E-state index is -1.25. The number of carbonyl (C=O) groups excluding carboxylic acids is 1. The maximum Gasteiger partial charge on any atom is 0.319 e. The van der Waals surface area contributed by atoms with Gasteiger partial charge in [0, 0.05) is 17.3 Å². The van der Waals surface area contributed by atoms with Gasteiger partial charge in [0.2, 0.25) is 5.91 Å². The number of anilines is 1. The van der Waals surface area contributed by atoms with Gasteiger partial charge in [-0.15, -0.1) is 0 Å². The Kier molecular flexibility index (Phi) is 2.89. The molecule has 1 fully saturated rings. The fourth-order valence-electron chi connectivity index (χ4n) is 2.47. The van der Waals surface area contributed by atoms with E-state index in [4.69, 9.17) is 0 Å². The van der Waals surface area contributed by atoms with Gasteiger partial charge >= 0.3 is 5.97 Å². The van der Waals surface area contributed by atoms with Crippen molar-refractivity contribution in [2.24, 2.45) is 5.41 Å². The molecule has 0 spiro atoms. The number of carboxylic acids is 1. The van der Waals surface area contributed by atoms with Gasteiger partial charge in [0.05, 0.1) is 5.52 Å². The van der Waals surface area contributed by atoms with Crippen LogP contribution >= 0.6 is 0 Å². The van der Waals surface area contributed by atoms with Gasteiger partial charge in [0.1, 0.15) is 5.41 Å². The van der Waals surface area contributed by atoms with Crippen LogP contribution in [0.4, 0.5) is 5.69 Å². The molecule has 5 heteroatoms. The van der Waals surface area contributed by atoms with Crippen molar-refractivity contribution in [3.8, 4) is 0 Å². The Balaban J connectivity index is 1.86. The van der Waals surface area contributed by atoms with Gasteiger partial charge in [-0.05, 0) is 37.1 Å². The third kappa shape index (κ3) is 1.91. The maximum absolute atomic E-state index is 12.2. The van der Waals surface area contributed by atoms with E-state index in [9.17, 15) is 14.7 Å². The number of pyridine rings is 1. The van der Waals surface area contributed by atoms with E-state index in [1.165, 1.54) is 0 Å². The Morgan fingerprint density at radius 1 is 1.25 bits per heavy atom. The predicted molar refractivity (Wildman–Crippen MR) is 74.3 cm³/mol. The van der Waals surface area contributed by atoms with Crippen LogP contribution in [0.25, 0.3) is 10.9 Å². The number of rotatable bonds is 3. The van der Waals surface area contributed by atoms with Gasteiger partial charge in [0.25, 0.3) is 0 Å². The first kappa shape index (κ1) is 12.6. The average molecular weight is 270 g/mol. The molecule has 0 unspecified atom stereocenters. The highest BCUT2D eigenvalue weighted by atomic mass is 16.4. The number of carboxylic acid groups (broad SMARTS) is 1. The fraction of sp³-hybridized carbons (Fsp3) is 0.267. The SMILES string of the molecule is O=C(O)C1(C(=O)Nc2ccc3ncccc3c2)CCC1. The lowest BCUT2D eigenvalue weighted by atomic mass is 9.68. The molecule has 3 rings (SSSR count). The lowest BCUT2D eigenvalue weighted by Gasteiger charge is -2.35. The summed E-state index contributed by atoms with van der Waals surface area (Å²) in [7, 11) is 0. The zero-order valence-electron chi connectivity index (χ0n) is 10.8. The summed E-state index contributed by atoms with van der Waals surface area (Å²) in [6.45, 7) is 0. The van der Waals surface area contributed by atoms with E-state index in [-0.39, 0.29) is 0 Å². The van der Waals surface area contributed by atoms with E-state index in [1.54, 1.807) is 24.4 Å². The Morgan fingerprint density at radius 3 is 2.70 bits per heavy atom. The van der Waals surface area contributed by atoms with Gasteiger partial charge in [0.15, 0.2) is 0 Å². The molecule has 1 saturated carbocycles. The minimum absolute atomic E-state index is 0.406. The molecule has 0 aliphatic heterocycles. The molecule has 1 aromatic carbocycles. The van der Waals surface area contributed by atoms with Gasteiger partial charge < -0.3 is 10.4 Å². The van der Waals surface area contributed by atoms with Crippen LogP contribution in [0.3, 0.4) is 0 Å². The summed E-state index contributed by atoms with van der Waals surface area (Å²) < 4.78 is 0. The van der Waals surface area contributed by atoms with Crippen LogP contribution in [0.15, 0.2) is 36.5 Å². The molecule has 1 aliphatic carbocycles. The van der Waals surface area contributed by atoms with E-state index >= 15 is 0 Å². The second-order valence-electron chi connectivity index (χ2n) is 5.11. The molecule has 2 aromatic rings. The highest BCUT2D eigenvalue weighted by Gasteiger charge is 2.51. The highest BCUT2D eigenvalue weighted by molar-refractivity contribution is 6.09. The minimum Gasteiger partial charge on any atom is -0.480 e. The van der Waals surface area contributed by atoms with Crippen molar-refractivity contribution in [1.82, 2.24) is 4.98 Å². The molecule has 20 heavy (non-hydrogen) atoms. The van der Waals surface area contributed by atoms with Crippen LogP contribution in [-0.4, -0.2) is 22.0 Å². The van der Waals surface area contributed by atoms with Crippen LogP contribution in [0.5, 0.6) is 0 Å². The zero-order chi connectivity index (χ0) is 14.2. The first-order chi connectivity index (χ1) is 9.62. The zero-order valence-corrected chi connectivity index (χ0v) is 10.8. The lowest BCUT2D eigenvalue weighted by Crippen LogP contribution is -2.48. The molecule has 1 aliphatic rings. The summed E-state index contributed by atoms with van der Waals surface area (Å²) in [5, 5.41) is 12.8. The summed E-state index contributed by atoms with van der Waals surface area (Å²) in [6.07, 6.45) is 3.29. The molecule has 1 aromatic heterocycles. The summed E-state index contributed by atoms with van der Waals surface area (Å²) in [4.78, 5) is 27.7. The van der Waals surface area contributed by atoms with Crippen molar-refractivity contribution in [3.63, 3.8) is 0 Å². The van der Waals surface area contributed by atoms with E-state index in [1.807, 2.05) is 12.1 Å². The third-order valence-corrected chi connectivity index (χ3v) is 3.91. The molecule has 0 bridgehead atoms. The van der Waals surface area contributed by atoms with Crippen molar-refractivity contribution < 1.29 is 14.7 Å². The Labute approximate surface area is 115 Å². The molecule has 0 atom stereocenters. The average Bonchev–Trinajstić information content (AvgIpc) is 2.36. The largest absolute Gasteiger partial charge is 0.480 e. The van der Waals surface area contributed by atoms with Crippen molar-refractivity contribution >= 4 is 28.5 Å². The number of hydrogen-bond acceptors (Lipinski definition) is 3. The number of hydrogen-bond donors (Lipinski definition) is 2. The number of fused-ring (bicyclic) bond motifs is 1. The van der Waals surface area contributed by atoms with E-state index in [2.05, 4.69) is 10.3 Å². The van der Waals surface area contributed by atoms with Gasteiger partial charge in [-0.25, -0.2) is 0 Å². The summed E-state index contributed by atoms with van der Waals surface area (Å²) in [5.74, 6) is -1.47. The number of nitrogens with one attached hydrogen (secondary N) is 1. The predicted octanol–water partition coefficient (Wildman–Crippen LogP) is 2.43. The van der Waals surface area contributed by atoms with Crippen molar-refractivity contribution in [1.29, 1.82) is 0 Å². The van der Waals surface area contributed by atoms with Crippen LogP contribution in [0.1, 0.15) is 19.3 Å². The first-order valence-corrected chi connectivity index (χ1v) is 6.51. The van der Waals surface area contributed by atoms with Crippen molar-refractivity contribution in [2.75, 3.05) is 5.32 Å². The Hall–Kier alpha value is -2.43. The van der Waals surface area contributed by atoms with Crippen molar-refractivity contribution in [3.05, 3.63) is 36.5 Å². The summed E-state index contributed by atoms with van der Waals surface area (Å²) in [5.41, 5.74) is 0.189. The van der Waals surface area contributed by atoms with Crippen LogP contribution in [-0.2, 0) is 9.59 Å². The standard InChI is InChI=1S/C15H14N2O3/c18-13(15(14(19)20)6-2-7-15)17-11-4-5-12-10(9-11)3-1-8-16-12/h1,3-5,8-9H,2,6-7H2,(H,17,18)(H,19,20). The molecule has 102 valence electrons. The number of aromatic nitrogens is 1. The van der Waals surface area contributed by atoms with Crippen LogP contribution in [0, 0.1) is 5.41 Å². The van der Waals surface area contributed by atoms with Gasteiger partial charge in [-0.2, -0.15) is 0 Å². The molecule has 1 amide bonds. The van der Waals surface area contributed by atoms with Gasteiger partial charge in [-0.1, -0.05) is 12.5 Å². The molecule has 0 saturated heterocycles. The monoisotopic (exact) mass is 270 g/mol. The summed E-state index contributed by atoms with van der Waals surface area (Å²) >= 11 is 0. The summed E-state index contributed by atoms with van der Waals surface area (Å²) in [6, 6.07) is 9.06. The van der Waals surface area contributed by atoms with E-state index in [0.717, 1.165) is 17.3 Å². The number of amides is 1. The smallest absolute Gasteiger partial charge is 0.319 e. The number of benzene rings is 1. The molecular formula is C15H14N2O3. The van der Waals surface area contributed by atoms with E-state index in [0.29, 0.717) is 18.5 Å². The third-order valence-electron chi connectivity index (χ3n) is 3.91. The first-order valence-electron chi connectivity index (χ1n) is 6.51. The second kappa shape index (κ2) is 4.59. The fourth-order valence-corrected chi connectivity index (χ4v) is 2.47. The lowest BCUT2D eigenvalue weighted by molar-refractivity contribution is -0.159. The van der Waals surface area contributed by atoms with Crippen LogP contribution in [0.2, 0.25) is 0 Å². The molecular weight excluding hydrogens is 256 g/mol. The van der Waals surface area contributed by atoms with E-state index < -0.39 is 17.3 Å². The number of aliphatic carboxylic acids is 1. The quantitative estimate of drug-likeness (QED) is 0.839. The highest BCUT2D eigenvalue weighted by Crippen LogP contribution is 2.42. The Morgan fingerprint density at radius 2 is 2.05 bits per heavy atom. The van der Waals surface area contributed by atoms with Gasteiger partial charge in [-0.3, -0.25) is 14.6 Å². The molecule has 1 heterocycles. The number of carbonyl (C=O) groups is 2. The maximum atomic E-state index is 12.2. The van der Waals surface area contributed by atoms with Crippen LogP contribution < -0.4 is 5.32 Å². The Bertz CT molecular complexity index is 692. The molecule has 0 radical (unpaired) electrons. The van der Waals surface area contributed by atoms with Crippen molar-refractivity contribution in [2.45, 2.75) is 19.3 Å². The molecule has 5 nitrogen and oxygen atoms in total. The number of nitrogens with zero attached hydrogens (tertiary/aromatic N) is 1.